The quantitative estimate of drug-likeness (QED) is 0.808. The first-order valence-electron chi connectivity index (χ1n) is 9.37. The molecule has 3 heteroatoms. The van der Waals surface area contributed by atoms with E-state index in [0.717, 1.165) is 25.4 Å². The third kappa shape index (κ3) is 4.21. The monoisotopic (exact) mass is 292 g/mol. The molecule has 1 saturated heterocycles. The lowest BCUT2D eigenvalue weighted by Gasteiger charge is -2.38. The highest BCUT2D eigenvalue weighted by Gasteiger charge is 2.29. The van der Waals surface area contributed by atoms with Gasteiger partial charge in [-0.2, -0.15) is 0 Å². The Morgan fingerprint density at radius 1 is 0.810 bits per heavy atom. The highest BCUT2D eigenvalue weighted by Crippen LogP contribution is 2.27. The van der Waals surface area contributed by atoms with Gasteiger partial charge in [-0.1, -0.05) is 38.5 Å². The number of amides is 1. The van der Waals surface area contributed by atoms with Gasteiger partial charge in [-0.25, -0.2) is 0 Å². The van der Waals surface area contributed by atoms with E-state index in [1.165, 1.54) is 70.8 Å². The molecule has 1 heterocycles. The van der Waals surface area contributed by atoms with Crippen molar-refractivity contribution in [2.75, 3.05) is 13.1 Å². The molecule has 0 aromatic rings. The second-order valence-electron chi connectivity index (χ2n) is 7.47. The van der Waals surface area contributed by atoms with E-state index < -0.39 is 0 Å². The van der Waals surface area contributed by atoms with Gasteiger partial charge in [0.1, 0.15) is 0 Å². The number of hydrogen-bond acceptors (Lipinski definition) is 2. The summed E-state index contributed by atoms with van der Waals surface area (Å²) in [6.07, 6.45) is 15.6. The summed E-state index contributed by atoms with van der Waals surface area (Å²) in [7, 11) is 0. The Kier molecular flexibility index (Phi) is 5.56. The molecule has 1 amide bonds. The fourth-order valence-corrected chi connectivity index (χ4v) is 4.59. The van der Waals surface area contributed by atoms with Crippen LogP contribution in [0.4, 0.5) is 0 Å². The van der Waals surface area contributed by atoms with Crippen molar-refractivity contribution in [1.82, 2.24) is 10.2 Å². The topological polar surface area (TPSA) is 32.3 Å². The lowest BCUT2D eigenvalue weighted by molar-refractivity contribution is -0.126. The number of nitrogens with one attached hydrogen (secondary N) is 1. The molecule has 0 bridgehead atoms. The van der Waals surface area contributed by atoms with Crippen molar-refractivity contribution >= 4 is 5.91 Å². The van der Waals surface area contributed by atoms with Crippen LogP contribution in [0.15, 0.2) is 0 Å². The van der Waals surface area contributed by atoms with Crippen LogP contribution in [0.5, 0.6) is 0 Å². The van der Waals surface area contributed by atoms with E-state index in [1.807, 2.05) is 0 Å². The average molecular weight is 292 g/mol. The van der Waals surface area contributed by atoms with Gasteiger partial charge < -0.3 is 5.32 Å². The van der Waals surface area contributed by atoms with Gasteiger partial charge in [0.05, 0.1) is 0 Å². The van der Waals surface area contributed by atoms with E-state index in [9.17, 15) is 4.79 Å². The van der Waals surface area contributed by atoms with Gasteiger partial charge in [-0.15, -0.1) is 0 Å². The summed E-state index contributed by atoms with van der Waals surface area (Å²) in [4.78, 5) is 15.0. The first-order chi connectivity index (χ1) is 10.3. The molecule has 3 fully saturated rings. The molecule has 3 nitrogen and oxygen atoms in total. The van der Waals surface area contributed by atoms with Crippen LogP contribution in [-0.2, 0) is 4.79 Å². The third-order valence-electron chi connectivity index (χ3n) is 5.87. The summed E-state index contributed by atoms with van der Waals surface area (Å²) in [5, 5.41) is 3.36. The molecule has 2 saturated carbocycles. The summed E-state index contributed by atoms with van der Waals surface area (Å²) in [6, 6.07) is 1.20. The molecule has 0 aromatic heterocycles. The Hall–Kier alpha value is -0.570. The largest absolute Gasteiger partial charge is 0.352 e. The molecule has 0 aromatic carbocycles. The van der Waals surface area contributed by atoms with Gasteiger partial charge >= 0.3 is 0 Å². The summed E-state index contributed by atoms with van der Waals surface area (Å²) in [5.74, 6) is 0.665. The summed E-state index contributed by atoms with van der Waals surface area (Å²) < 4.78 is 0. The highest BCUT2D eigenvalue weighted by atomic mass is 16.1. The zero-order chi connectivity index (χ0) is 14.5. The molecule has 21 heavy (non-hydrogen) atoms. The van der Waals surface area contributed by atoms with Crippen LogP contribution in [0.2, 0.25) is 0 Å². The third-order valence-corrected chi connectivity index (χ3v) is 5.87. The predicted octanol–water partition coefficient (Wildman–Crippen LogP) is 3.48. The smallest absolute Gasteiger partial charge is 0.223 e. The van der Waals surface area contributed by atoms with E-state index in [-0.39, 0.29) is 0 Å². The van der Waals surface area contributed by atoms with Gasteiger partial charge in [0.2, 0.25) is 5.91 Å². The molecule has 2 aliphatic carbocycles. The number of piperidine rings is 1. The van der Waals surface area contributed by atoms with E-state index in [2.05, 4.69) is 10.2 Å². The maximum Gasteiger partial charge on any atom is 0.223 e. The maximum atomic E-state index is 12.3. The minimum Gasteiger partial charge on any atom is -0.352 e. The number of rotatable bonds is 3. The second-order valence-corrected chi connectivity index (χ2v) is 7.47. The molecule has 0 radical (unpaired) electrons. The van der Waals surface area contributed by atoms with E-state index in [0.29, 0.717) is 17.9 Å². The molecule has 0 spiro atoms. The van der Waals surface area contributed by atoms with Crippen molar-refractivity contribution in [3.05, 3.63) is 0 Å². The summed E-state index contributed by atoms with van der Waals surface area (Å²) >= 11 is 0. The number of hydrogen-bond donors (Lipinski definition) is 1. The molecular weight excluding hydrogens is 260 g/mol. The van der Waals surface area contributed by atoms with Crippen molar-refractivity contribution in [3.63, 3.8) is 0 Å². The molecular formula is C18H32N2O. The second kappa shape index (κ2) is 7.62. The Labute approximate surface area is 129 Å². The normalized spacial score (nSPS) is 30.2. The fraction of sp³-hybridized carbons (Fsp3) is 0.944. The van der Waals surface area contributed by atoms with Crippen LogP contribution in [0.3, 0.4) is 0 Å². The lowest BCUT2D eigenvalue weighted by Crippen LogP contribution is -2.51. The minimum absolute atomic E-state index is 0.318. The molecule has 1 aliphatic heterocycles. The van der Waals surface area contributed by atoms with Crippen LogP contribution < -0.4 is 5.32 Å². The molecule has 1 atom stereocenters. The predicted molar refractivity (Wildman–Crippen MR) is 86.2 cm³/mol. The van der Waals surface area contributed by atoms with Crippen molar-refractivity contribution < 1.29 is 4.79 Å². The van der Waals surface area contributed by atoms with Gasteiger partial charge in [0.25, 0.3) is 0 Å². The average Bonchev–Trinajstić information content (AvgIpc) is 2.90. The Morgan fingerprint density at radius 2 is 1.48 bits per heavy atom. The first-order valence-corrected chi connectivity index (χ1v) is 9.37. The number of carbonyl (C=O) groups is 1. The van der Waals surface area contributed by atoms with Gasteiger partial charge in [-0.3, -0.25) is 9.69 Å². The van der Waals surface area contributed by atoms with Crippen LogP contribution in [0.25, 0.3) is 0 Å². The Bertz CT molecular complexity index is 330. The zero-order valence-corrected chi connectivity index (χ0v) is 13.5. The summed E-state index contributed by atoms with van der Waals surface area (Å²) in [6.45, 7) is 2.35. The molecule has 3 aliphatic rings. The number of nitrogens with zero attached hydrogens (tertiary/aromatic N) is 1. The highest BCUT2D eigenvalue weighted by molar-refractivity contribution is 5.79. The maximum absolute atomic E-state index is 12.3. The first kappa shape index (κ1) is 15.3. The van der Waals surface area contributed by atoms with E-state index in [4.69, 9.17) is 0 Å². The van der Waals surface area contributed by atoms with E-state index >= 15 is 0 Å². The van der Waals surface area contributed by atoms with Crippen LogP contribution in [0.1, 0.15) is 77.0 Å². The van der Waals surface area contributed by atoms with Crippen molar-refractivity contribution in [2.45, 2.75) is 89.1 Å². The Morgan fingerprint density at radius 3 is 2.19 bits per heavy atom. The standard InChI is InChI=1S/C18H32N2O/c21-18(15-8-5-6-9-15)19-16-10-7-13-20(14-16)17-11-3-1-2-4-12-17/h15-17H,1-14H2,(H,19,21). The van der Waals surface area contributed by atoms with Crippen molar-refractivity contribution in [2.24, 2.45) is 5.92 Å². The van der Waals surface area contributed by atoms with Gasteiger partial charge in [0, 0.05) is 24.5 Å². The lowest BCUT2D eigenvalue weighted by atomic mass is 9.99. The Balaban J connectivity index is 1.49. The van der Waals surface area contributed by atoms with Gasteiger partial charge in [0.15, 0.2) is 0 Å². The minimum atomic E-state index is 0.318. The van der Waals surface area contributed by atoms with Crippen molar-refractivity contribution in [3.8, 4) is 0 Å². The fourth-order valence-electron chi connectivity index (χ4n) is 4.59. The number of carbonyl (C=O) groups excluding carboxylic acids is 1. The molecule has 1 unspecified atom stereocenters. The molecule has 120 valence electrons. The number of likely N-dealkylation sites (tertiary alicyclic amines) is 1. The van der Waals surface area contributed by atoms with Gasteiger partial charge in [-0.05, 0) is 45.1 Å². The van der Waals surface area contributed by atoms with Crippen molar-refractivity contribution in [1.29, 1.82) is 0 Å². The van der Waals surface area contributed by atoms with Crippen LogP contribution >= 0.6 is 0 Å². The summed E-state index contributed by atoms with van der Waals surface area (Å²) in [5.41, 5.74) is 0. The van der Waals surface area contributed by atoms with E-state index in [1.54, 1.807) is 0 Å². The molecule has 3 rings (SSSR count). The molecule has 1 N–H and O–H groups in total. The zero-order valence-electron chi connectivity index (χ0n) is 13.5. The SMILES string of the molecule is O=C(NC1CCCN(C2CCCCCC2)C1)C1CCCC1. The van der Waals surface area contributed by atoms with Crippen LogP contribution in [-0.4, -0.2) is 36.0 Å². The van der Waals surface area contributed by atoms with Crippen LogP contribution in [0, 0.1) is 5.92 Å².